The molecule has 26 heavy (non-hydrogen) atoms. The average Bonchev–Trinajstić information content (AvgIpc) is 3.26. The smallest absolute Gasteiger partial charge is 0.338 e. The summed E-state index contributed by atoms with van der Waals surface area (Å²) in [7, 11) is 0. The summed E-state index contributed by atoms with van der Waals surface area (Å²) in [6, 6.07) is 6.83. The van der Waals surface area contributed by atoms with Crippen molar-refractivity contribution in [2.45, 2.75) is 45.3 Å². The molecule has 1 aromatic carbocycles. The number of hydrogen-bond acceptors (Lipinski definition) is 4. The minimum absolute atomic E-state index is 0.110. The lowest BCUT2D eigenvalue weighted by molar-refractivity contribution is -0.159. The SMILES string of the molecule is CCCC(=O)N(Cc1ccc(-c2noc(C(F)(F)F)n2)cc1)CC1CC1. The predicted molar refractivity (Wildman–Crippen MR) is 87.8 cm³/mol. The summed E-state index contributed by atoms with van der Waals surface area (Å²) in [4.78, 5) is 17.5. The van der Waals surface area contributed by atoms with Crippen LogP contribution < -0.4 is 0 Å². The van der Waals surface area contributed by atoms with Crippen molar-refractivity contribution in [1.29, 1.82) is 0 Å². The van der Waals surface area contributed by atoms with Crippen LogP contribution in [0.1, 0.15) is 44.1 Å². The summed E-state index contributed by atoms with van der Waals surface area (Å²) in [5.41, 5.74) is 1.35. The fourth-order valence-corrected chi connectivity index (χ4v) is 2.67. The molecule has 1 amide bonds. The second kappa shape index (κ2) is 7.47. The van der Waals surface area contributed by atoms with Gasteiger partial charge >= 0.3 is 12.1 Å². The van der Waals surface area contributed by atoms with Gasteiger partial charge in [-0.15, -0.1) is 0 Å². The molecule has 1 aliphatic carbocycles. The van der Waals surface area contributed by atoms with Gasteiger partial charge in [-0.25, -0.2) is 0 Å². The number of alkyl halides is 3. The predicted octanol–water partition coefficient (Wildman–Crippen LogP) is 4.29. The first-order chi connectivity index (χ1) is 12.4. The van der Waals surface area contributed by atoms with Crippen LogP contribution in [-0.4, -0.2) is 27.5 Å². The van der Waals surface area contributed by atoms with E-state index in [0.717, 1.165) is 31.4 Å². The fraction of sp³-hybridized carbons (Fsp3) is 0.500. The van der Waals surface area contributed by atoms with Crippen LogP contribution in [-0.2, 0) is 17.5 Å². The average molecular weight is 367 g/mol. The molecule has 8 heteroatoms. The minimum Gasteiger partial charge on any atom is -0.338 e. The van der Waals surface area contributed by atoms with Crippen LogP contribution in [0.25, 0.3) is 11.4 Å². The molecule has 1 heterocycles. The van der Waals surface area contributed by atoms with Crippen molar-refractivity contribution in [2.75, 3.05) is 6.54 Å². The number of nitrogens with zero attached hydrogens (tertiary/aromatic N) is 3. The molecule has 5 nitrogen and oxygen atoms in total. The maximum absolute atomic E-state index is 12.5. The highest BCUT2D eigenvalue weighted by atomic mass is 19.4. The van der Waals surface area contributed by atoms with Gasteiger partial charge in [0.25, 0.3) is 0 Å². The van der Waals surface area contributed by atoms with Crippen molar-refractivity contribution >= 4 is 5.91 Å². The lowest BCUT2D eigenvalue weighted by Gasteiger charge is -2.22. The molecule has 1 aromatic heterocycles. The van der Waals surface area contributed by atoms with Crippen LogP contribution in [0.4, 0.5) is 13.2 Å². The maximum atomic E-state index is 12.5. The highest BCUT2D eigenvalue weighted by molar-refractivity contribution is 5.76. The van der Waals surface area contributed by atoms with E-state index in [1.165, 1.54) is 0 Å². The summed E-state index contributed by atoms with van der Waals surface area (Å²) >= 11 is 0. The summed E-state index contributed by atoms with van der Waals surface area (Å²) < 4.78 is 41.9. The molecule has 1 fully saturated rings. The maximum Gasteiger partial charge on any atom is 0.471 e. The Morgan fingerprint density at radius 3 is 2.50 bits per heavy atom. The molecule has 0 saturated heterocycles. The van der Waals surface area contributed by atoms with E-state index in [0.29, 0.717) is 24.4 Å². The molecule has 2 aromatic rings. The molecule has 0 radical (unpaired) electrons. The third-order valence-electron chi connectivity index (χ3n) is 4.25. The molecule has 0 atom stereocenters. The summed E-state index contributed by atoms with van der Waals surface area (Å²) in [5, 5.41) is 3.37. The number of aromatic nitrogens is 2. The highest BCUT2D eigenvalue weighted by Crippen LogP contribution is 2.31. The largest absolute Gasteiger partial charge is 0.471 e. The zero-order chi connectivity index (χ0) is 18.7. The van der Waals surface area contributed by atoms with Crippen molar-refractivity contribution in [3.8, 4) is 11.4 Å². The number of carbonyl (C=O) groups excluding carboxylic acids is 1. The quantitative estimate of drug-likeness (QED) is 0.732. The minimum atomic E-state index is -4.66. The van der Waals surface area contributed by atoms with Crippen LogP contribution in [0.15, 0.2) is 28.8 Å². The third kappa shape index (κ3) is 4.62. The molecule has 0 spiro atoms. The van der Waals surface area contributed by atoms with Gasteiger partial charge < -0.3 is 9.42 Å². The second-order valence-corrected chi connectivity index (χ2v) is 6.59. The van der Waals surface area contributed by atoms with Crippen LogP contribution in [0.2, 0.25) is 0 Å². The topological polar surface area (TPSA) is 59.2 Å². The Balaban J connectivity index is 1.69. The van der Waals surface area contributed by atoms with Crippen molar-refractivity contribution < 1.29 is 22.5 Å². The molecule has 1 aliphatic rings. The van der Waals surface area contributed by atoms with Gasteiger partial charge in [0.15, 0.2) is 0 Å². The van der Waals surface area contributed by atoms with E-state index >= 15 is 0 Å². The Morgan fingerprint density at radius 1 is 1.27 bits per heavy atom. The number of amides is 1. The first kappa shape index (κ1) is 18.4. The van der Waals surface area contributed by atoms with Crippen molar-refractivity contribution in [3.05, 3.63) is 35.7 Å². The van der Waals surface area contributed by atoms with Gasteiger partial charge in [-0.05, 0) is 30.7 Å². The molecule has 140 valence electrons. The molecule has 0 unspecified atom stereocenters. The zero-order valence-corrected chi connectivity index (χ0v) is 14.4. The van der Waals surface area contributed by atoms with Crippen LogP contribution in [0.5, 0.6) is 0 Å². The molecular formula is C18H20F3N3O2. The molecule has 0 N–H and O–H groups in total. The van der Waals surface area contributed by atoms with Crippen LogP contribution >= 0.6 is 0 Å². The van der Waals surface area contributed by atoms with E-state index < -0.39 is 12.1 Å². The lowest BCUT2D eigenvalue weighted by atomic mass is 10.1. The standard InChI is InChI=1S/C18H20F3N3O2/c1-2-3-15(25)24(10-12-4-5-12)11-13-6-8-14(9-7-13)16-22-17(26-23-16)18(19,20)21/h6-9,12H,2-5,10-11H2,1H3. The van der Waals surface area contributed by atoms with Gasteiger partial charge in [-0.2, -0.15) is 18.2 Å². The van der Waals surface area contributed by atoms with E-state index in [1.54, 1.807) is 24.3 Å². The Labute approximate surface area is 149 Å². The Kier molecular flexibility index (Phi) is 5.29. The summed E-state index contributed by atoms with van der Waals surface area (Å²) in [6.07, 6.45) is -1.01. The molecule has 0 aliphatic heterocycles. The van der Waals surface area contributed by atoms with Crippen molar-refractivity contribution in [3.63, 3.8) is 0 Å². The summed E-state index contributed by atoms with van der Waals surface area (Å²) in [5.74, 6) is -0.746. The number of benzene rings is 1. The van der Waals surface area contributed by atoms with Gasteiger partial charge in [0.1, 0.15) is 0 Å². The number of halogens is 3. The molecule has 0 bridgehead atoms. The van der Waals surface area contributed by atoms with Gasteiger partial charge in [0, 0.05) is 25.1 Å². The van der Waals surface area contributed by atoms with Crippen LogP contribution in [0, 0.1) is 5.92 Å². The first-order valence-corrected chi connectivity index (χ1v) is 8.64. The van der Waals surface area contributed by atoms with E-state index in [9.17, 15) is 18.0 Å². The van der Waals surface area contributed by atoms with Gasteiger partial charge in [0.05, 0.1) is 0 Å². The second-order valence-electron chi connectivity index (χ2n) is 6.59. The van der Waals surface area contributed by atoms with E-state index in [1.807, 2.05) is 11.8 Å². The highest BCUT2D eigenvalue weighted by Gasteiger charge is 2.38. The van der Waals surface area contributed by atoms with E-state index in [-0.39, 0.29) is 11.7 Å². The number of carbonyl (C=O) groups is 1. The number of hydrogen-bond donors (Lipinski definition) is 0. The summed E-state index contributed by atoms with van der Waals surface area (Å²) in [6.45, 7) is 3.23. The Morgan fingerprint density at radius 2 is 1.96 bits per heavy atom. The molecular weight excluding hydrogens is 347 g/mol. The van der Waals surface area contributed by atoms with Gasteiger partial charge in [-0.1, -0.05) is 36.3 Å². The Bertz CT molecular complexity index is 752. The fourth-order valence-electron chi connectivity index (χ4n) is 2.67. The number of rotatable bonds is 7. The molecule has 3 rings (SSSR count). The van der Waals surface area contributed by atoms with E-state index in [2.05, 4.69) is 14.7 Å². The molecule has 1 saturated carbocycles. The van der Waals surface area contributed by atoms with E-state index in [4.69, 9.17) is 0 Å². The van der Waals surface area contributed by atoms with Crippen LogP contribution in [0.3, 0.4) is 0 Å². The van der Waals surface area contributed by atoms with Gasteiger partial charge in [0.2, 0.25) is 11.7 Å². The van der Waals surface area contributed by atoms with Crippen molar-refractivity contribution in [1.82, 2.24) is 15.0 Å². The monoisotopic (exact) mass is 367 g/mol. The van der Waals surface area contributed by atoms with Gasteiger partial charge in [-0.3, -0.25) is 4.79 Å². The van der Waals surface area contributed by atoms with Crippen molar-refractivity contribution in [2.24, 2.45) is 5.92 Å². The normalized spacial score (nSPS) is 14.5. The zero-order valence-electron chi connectivity index (χ0n) is 14.4. The Hall–Kier alpha value is -2.38. The lowest BCUT2D eigenvalue weighted by Crippen LogP contribution is -2.32. The first-order valence-electron chi connectivity index (χ1n) is 8.64. The third-order valence-corrected chi connectivity index (χ3v) is 4.25.